The number of allylic oxidation sites excluding steroid dienone is 2. The first-order chi connectivity index (χ1) is 11.8. The summed E-state index contributed by atoms with van der Waals surface area (Å²) >= 11 is 0. The second-order valence-corrected chi connectivity index (χ2v) is 7.14. The van der Waals surface area contributed by atoms with Crippen molar-refractivity contribution in [3.63, 3.8) is 0 Å². The van der Waals surface area contributed by atoms with Gasteiger partial charge in [-0.3, -0.25) is 4.79 Å². The van der Waals surface area contributed by atoms with Crippen LogP contribution in [-0.4, -0.2) is 11.1 Å². The summed E-state index contributed by atoms with van der Waals surface area (Å²) in [6, 6.07) is 0. The van der Waals surface area contributed by atoms with Crippen LogP contribution in [0.5, 0.6) is 0 Å². The van der Waals surface area contributed by atoms with Crippen molar-refractivity contribution in [1.29, 1.82) is 0 Å². The Labute approximate surface area is 172 Å². The zero-order chi connectivity index (χ0) is 17.7. The van der Waals surface area contributed by atoms with E-state index in [9.17, 15) is 4.79 Å². The molecule has 0 aliphatic heterocycles. The molecule has 25 heavy (non-hydrogen) atoms. The van der Waals surface area contributed by atoms with Crippen LogP contribution in [0.2, 0.25) is 0 Å². The van der Waals surface area contributed by atoms with E-state index in [0.717, 1.165) is 12.8 Å². The van der Waals surface area contributed by atoms with Crippen molar-refractivity contribution >= 4 is 5.97 Å². The Bertz CT molecular complexity index is 290. The summed E-state index contributed by atoms with van der Waals surface area (Å²) in [5, 5.41) is 8.55. The zero-order valence-corrected chi connectivity index (χ0v) is 18.0. The van der Waals surface area contributed by atoms with Gasteiger partial charge in [-0.05, 0) is 32.1 Å². The summed E-state index contributed by atoms with van der Waals surface area (Å²) in [6.45, 7) is 2.27. The normalized spacial score (nSPS) is 10.9. The van der Waals surface area contributed by atoms with Gasteiger partial charge in [0.05, 0.1) is 0 Å². The van der Waals surface area contributed by atoms with Crippen LogP contribution in [0.1, 0.15) is 122 Å². The summed E-state index contributed by atoms with van der Waals surface area (Å²) in [5.74, 6) is -0.656. The molecule has 0 atom stereocenters. The van der Waals surface area contributed by atoms with E-state index in [1.807, 2.05) is 0 Å². The zero-order valence-electron chi connectivity index (χ0n) is 16.5. The molecule has 0 saturated heterocycles. The summed E-state index contributed by atoms with van der Waals surface area (Å²) in [6.07, 6.45) is 27.1. The largest absolute Gasteiger partial charge is 0.481 e. The maximum Gasteiger partial charge on any atom is 0.303 e. The second kappa shape index (κ2) is 24.0. The fourth-order valence-electron chi connectivity index (χ4n) is 3.05. The van der Waals surface area contributed by atoms with Crippen LogP contribution in [0, 0.1) is 0 Å². The maximum atomic E-state index is 10.4. The minimum absolute atomic E-state index is 0. The van der Waals surface area contributed by atoms with E-state index in [1.54, 1.807) is 0 Å². The second-order valence-electron chi connectivity index (χ2n) is 7.14. The van der Waals surface area contributed by atoms with Crippen LogP contribution in [0.3, 0.4) is 0 Å². The third kappa shape index (κ3) is 26.3. The molecule has 0 aromatic heterocycles. The van der Waals surface area contributed by atoms with Crippen molar-refractivity contribution < 1.29 is 32.3 Å². The first kappa shape index (κ1) is 27.2. The van der Waals surface area contributed by atoms with Crippen LogP contribution >= 0.6 is 0 Å². The Balaban J connectivity index is 0. The average Bonchev–Trinajstić information content (AvgIpc) is 2.56. The molecule has 0 heterocycles. The molecule has 3 heteroatoms. The molecule has 0 aromatic carbocycles. The van der Waals surface area contributed by atoms with Crippen LogP contribution in [0.25, 0.3) is 0 Å². The minimum Gasteiger partial charge on any atom is -0.481 e. The van der Waals surface area contributed by atoms with Crippen LogP contribution in [-0.2, 0) is 27.2 Å². The first-order valence-corrected chi connectivity index (χ1v) is 10.6. The van der Waals surface area contributed by atoms with Gasteiger partial charge in [0.15, 0.2) is 0 Å². The molecule has 0 unspecified atom stereocenters. The van der Waals surface area contributed by atoms with Crippen LogP contribution < -0.4 is 0 Å². The average molecular weight is 446 g/mol. The predicted molar refractivity (Wildman–Crippen MR) is 106 cm³/mol. The van der Waals surface area contributed by atoms with Crippen molar-refractivity contribution in [2.24, 2.45) is 0 Å². The standard InChI is InChI=1S/C22H42O2.Ag/c1-2-3-4-5-6-7-8-9-10-11-12-13-14-15-16-17-18-19-20-21-22(23)24;/h9-10H,2-8,11-21H2,1H3,(H,23,24);/b10-9-;. The van der Waals surface area contributed by atoms with Crippen molar-refractivity contribution in [2.45, 2.75) is 122 Å². The number of carboxylic acid groups (broad SMARTS) is 1. The molecule has 0 amide bonds. The molecule has 0 aliphatic carbocycles. The summed E-state index contributed by atoms with van der Waals surface area (Å²) in [4.78, 5) is 10.4. The van der Waals surface area contributed by atoms with Gasteiger partial charge in [-0.25, -0.2) is 0 Å². The van der Waals surface area contributed by atoms with Gasteiger partial charge >= 0.3 is 5.97 Å². The topological polar surface area (TPSA) is 37.3 Å². The van der Waals surface area contributed by atoms with E-state index >= 15 is 0 Å². The van der Waals surface area contributed by atoms with E-state index in [0.29, 0.717) is 6.42 Å². The minimum atomic E-state index is -0.656. The Morgan fingerprint density at radius 2 is 1.00 bits per heavy atom. The Kier molecular flexibility index (Phi) is 26.0. The van der Waals surface area contributed by atoms with Gasteiger partial charge in [0.25, 0.3) is 0 Å². The Morgan fingerprint density at radius 3 is 1.40 bits per heavy atom. The number of unbranched alkanes of at least 4 members (excludes halogenated alkanes) is 15. The van der Waals surface area contributed by atoms with Gasteiger partial charge in [-0.15, -0.1) is 0 Å². The molecule has 0 rings (SSSR count). The number of carbonyl (C=O) groups is 1. The molecule has 2 nitrogen and oxygen atoms in total. The monoisotopic (exact) mass is 445 g/mol. The van der Waals surface area contributed by atoms with E-state index in [2.05, 4.69) is 19.1 Å². The number of carboxylic acids is 1. The molecule has 0 aromatic rings. The van der Waals surface area contributed by atoms with Gasteiger partial charge in [0.1, 0.15) is 0 Å². The van der Waals surface area contributed by atoms with Crippen LogP contribution in [0.15, 0.2) is 12.2 Å². The Morgan fingerprint density at radius 1 is 0.640 bits per heavy atom. The van der Waals surface area contributed by atoms with E-state index in [4.69, 9.17) is 5.11 Å². The third-order valence-corrected chi connectivity index (χ3v) is 4.65. The maximum absolute atomic E-state index is 10.4. The summed E-state index contributed by atoms with van der Waals surface area (Å²) < 4.78 is 0. The summed E-state index contributed by atoms with van der Waals surface area (Å²) in [7, 11) is 0. The molecule has 0 bridgehead atoms. The van der Waals surface area contributed by atoms with Gasteiger partial charge < -0.3 is 5.11 Å². The molecular formula is C22H42AgO2. The number of hydrogen-bond donors (Lipinski definition) is 1. The van der Waals surface area contributed by atoms with E-state index in [-0.39, 0.29) is 22.4 Å². The predicted octanol–water partition coefficient (Wildman–Crippen LogP) is 7.67. The summed E-state index contributed by atoms with van der Waals surface area (Å²) in [5.41, 5.74) is 0. The third-order valence-electron chi connectivity index (χ3n) is 4.65. The molecule has 0 saturated carbocycles. The number of rotatable bonds is 19. The number of hydrogen-bond acceptors (Lipinski definition) is 1. The molecule has 0 spiro atoms. The fourth-order valence-corrected chi connectivity index (χ4v) is 3.05. The van der Waals surface area contributed by atoms with Crippen molar-refractivity contribution in [1.82, 2.24) is 0 Å². The molecular weight excluding hydrogens is 404 g/mol. The molecule has 153 valence electrons. The van der Waals surface area contributed by atoms with Gasteiger partial charge in [0.2, 0.25) is 0 Å². The quantitative estimate of drug-likeness (QED) is 0.126. The smallest absolute Gasteiger partial charge is 0.303 e. The SMILES string of the molecule is CCCCCCCC/C=C\CCCCCCCCCCCC(=O)O.[Ag]. The molecule has 1 N–H and O–H groups in total. The first-order valence-electron chi connectivity index (χ1n) is 10.6. The van der Waals surface area contributed by atoms with E-state index in [1.165, 1.54) is 96.3 Å². The van der Waals surface area contributed by atoms with Gasteiger partial charge in [-0.1, -0.05) is 96.1 Å². The molecule has 0 fully saturated rings. The number of aliphatic carboxylic acids is 1. The molecule has 0 aliphatic rings. The van der Waals surface area contributed by atoms with E-state index < -0.39 is 5.97 Å². The van der Waals surface area contributed by atoms with Crippen molar-refractivity contribution in [3.8, 4) is 0 Å². The van der Waals surface area contributed by atoms with Crippen molar-refractivity contribution in [2.75, 3.05) is 0 Å². The van der Waals surface area contributed by atoms with Crippen LogP contribution in [0.4, 0.5) is 0 Å². The van der Waals surface area contributed by atoms with Gasteiger partial charge in [-0.2, -0.15) is 0 Å². The fraction of sp³-hybridized carbons (Fsp3) is 0.864. The molecule has 1 radical (unpaired) electrons. The van der Waals surface area contributed by atoms with Crippen molar-refractivity contribution in [3.05, 3.63) is 12.2 Å². The Hall–Kier alpha value is -0.0497. The van der Waals surface area contributed by atoms with Gasteiger partial charge in [0, 0.05) is 28.8 Å².